The second kappa shape index (κ2) is 6.79. The molecule has 2 N–H and O–H groups in total. The van der Waals surface area contributed by atoms with Crippen LogP contribution in [0.25, 0.3) is 0 Å². The Morgan fingerprint density at radius 3 is 2.86 bits per heavy atom. The molecular weight excluding hydrogens is 283 g/mol. The highest BCUT2D eigenvalue weighted by atomic mass is 19.1. The molecule has 0 bridgehead atoms. The molecule has 3 atom stereocenters. The molecule has 1 aromatic carbocycles. The molecule has 116 valence electrons. The van der Waals surface area contributed by atoms with Crippen molar-refractivity contribution in [3.8, 4) is 5.75 Å². The summed E-state index contributed by atoms with van der Waals surface area (Å²) in [5, 5.41) is 10.9. The molecule has 1 aliphatic carbocycles. The van der Waals surface area contributed by atoms with Gasteiger partial charge in [-0.1, -0.05) is 0 Å². The molecule has 1 aromatic rings. The summed E-state index contributed by atoms with van der Waals surface area (Å²) in [5.41, 5.74) is 5.42. The molecule has 2 rings (SSSR count). The van der Waals surface area contributed by atoms with Crippen molar-refractivity contribution in [3.05, 3.63) is 34.1 Å². The van der Waals surface area contributed by atoms with Gasteiger partial charge in [0.05, 0.1) is 24.2 Å². The average Bonchev–Trinajstić information content (AvgIpc) is 2.44. The first-order valence-electron chi connectivity index (χ1n) is 6.49. The summed E-state index contributed by atoms with van der Waals surface area (Å²) in [4.78, 5) is 10.2. The van der Waals surface area contributed by atoms with Crippen LogP contribution in [0, 0.1) is 15.9 Å². The number of nitro groups is 1. The lowest BCUT2D eigenvalue weighted by Gasteiger charge is -2.41. The Hall–Kier alpha value is -1.77. The number of nitrogens with two attached hydrogens (primary N) is 1. The van der Waals surface area contributed by atoms with Gasteiger partial charge in [0.15, 0.2) is 5.75 Å². The molecule has 7 nitrogen and oxygen atoms in total. The standard InChI is InChI=1S/C13H17FN2O5/c1-19-4-5-20-13-9(15)7-12(13)21-11-3-2-8(14)6-10(11)16(17)18/h2-3,6,9,12-13H,4-5,7,15H2,1H3. The third kappa shape index (κ3) is 3.66. The van der Waals surface area contributed by atoms with Crippen molar-refractivity contribution >= 4 is 5.69 Å². The predicted octanol–water partition coefficient (Wildman–Crippen LogP) is 1.24. The number of nitrogens with zero attached hydrogens (tertiary/aromatic N) is 1. The highest BCUT2D eigenvalue weighted by molar-refractivity contribution is 5.46. The van der Waals surface area contributed by atoms with Gasteiger partial charge < -0.3 is 19.9 Å². The molecule has 0 heterocycles. The second-order valence-electron chi connectivity index (χ2n) is 4.75. The van der Waals surface area contributed by atoms with E-state index in [4.69, 9.17) is 19.9 Å². The minimum atomic E-state index is -0.688. The van der Waals surface area contributed by atoms with Gasteiger partial charge >= 0.3 is 5.69 Å². The van der Waals surface area contributed by atoms with Crippen LogP contribution in [0.2, 0.25) is 0 Å². The smallest absolute Gasteiger partial charge is 0.313 e. The lowest BCUT2D eigenvalue weighted by molar-refractivity contribution is -0.386. The number of rotatable bonds is 7. The van der Waals surface area contributed by atoms with Gasteiger partial charge in [0.2, 0.25) is 0 Å². The summed E-state index contributed by atoms with van der Waals surface area (Å²) < 4.78 is 29.0. The topological polar surface area (TPSA) is 96.9 Å². The first kappa shape index (κ1) is 15.6. The van der Waals surface area contributed by atoms with Crippen molar-refractivity contribution < 1.29 is 23.5 Å². The molecule has 0 amide bonds. The number of methoxy groups -OCH3 is 1. The Balaban J connectivity index is 2.03. The molecule has 0 aliphatic heterocycles. The van der Waals surface area contributed by atoms with E-state index in [0.29, 0.717) is 19.6 Å². The van der Waals surface area contributed by atoms with E-state index in [2.05, 4.69) is 0 Å². The van der Waals surface area contributed by atoms with Crippen LogP contribution in [-0.2, 0) is 9.47 Å². The summed E-state index contributed by atoms with van der Waals surface area (Å²) in [6.45, 7) is 0.785. The van der Waals surface area contributed by atoms with Crippen LogP contribution in [0.4, 0.5) is 10.1 Å². The number of hydrogen-bond acceptors (Lipinski definition) is 6. The van der Waals surface area contributed by atoms with Gasteiger partial charge in [-0.25, -0.2) is 4.39 Å². The van der Waals surface area contributed by atoms with Crippen LogP contribution < -0.4 is 10.5 Å². The summed E-state index contributed by atoms with van der Waals surface area (Å²) in [7, 11) is 1.56. The van der Waals surface area contributed by atoms with Crippen LogP contribution in [-0.4, -0.2) is 43.5 Å². The average molecular weight is 300 g/mol. The Morgan fingerprint density at radius 1 is 1.48 bits per heavy atom. The number of nitro benzene ring substituents is 1. The van der Waals surface area contributed by atoms with Crippen molar-refractivity contribution in [2.45, 2.75) is 24.7 Å². The molecule has 21 heavy (non-hydrogen) atoms. The Kier molecular flexibility index (Phi) is 5.05. The number of benzene rings is 1. The molecule has 1 saturated carbocycles. The summed E-state index contributed by atoms with van der Waals surface area (Å²) in [6, 6.07) is 2.99. The molecule has 0 aromatic heterocycles. The zero-order chi connectivity index (χ0) is 15.4. The summed E-state index contributed by atoms with van der Waals surface area (Å²) in [6.07, 6.45) is -0.225. The third-order valence-electron chi connectivity index (χ3n) is 3.29. The fourth-order valence-electron chi connectivity index (χ4n) is 2.13. The summed E-state index contributed by atoms with van der Waals surface area (Å²) in [5.74, 6) is -0.675. The van der Waals surface area contributed by atoms with E-state index in [1.165, 1.54) is 6.07 Å². The molecule has 3 unspecified atom stereocenters. The van der Waals surface area contributed by atoms with E-state index in [1.807, 2.05) is 0 Å². The predicted molar refractivity (Wildman–Crippen MR) is 71.7 cm³/mol. The zero-order valence-electron chi connectivity index (χ0n) is 11.5. The van der Waals surface area contributed by atoms with Crippen molar-refractivity contribution in [1.82, 2.24) is 0 Å². The van der Waals surface area contributed by atoms with E-state index >= 15 is 0 Å². The SMILES string of the molecule is COCCOC1C(N)CC1Oc1ccc(F)cc1[N+](=O)[O-]. The van der Waals surface area contributed by atoms with Crippen LogP contribution in [0.3, 0.4) is 0 Å². The maximum atomic E-state index is 13.1. The maximum Gasteiger partial charge on any atom is 0.313 e. The molecule has 0 radical (unpaired) electrons. The Bertz CT molecular complexity index is 513. The number of halogens is 1. The van der Waals surface area contributed by atoms with Crippen LogP contribution in [0.1, 0.15) is 6.42 Å². The van der Waals surface area contributed by atoms with E-state index in [9.17, 15) is 14.5 Å². The van der Waals surface area contributed by atoms with Gasteiger partial charge in [-0.05, 0) is 12.1 Å². The van der Waals surface area contributed by atoms with E-state index < -0.39 is 16.4 Å². The molecule has 1 aliphatic rings. The molecule has 1 fully saturated rings. The fraction of sp³-hybridized carbons (Fsp3) is 0.538. The quantitative estimate of drug-likeness (QED) is 0.462. The Morgan fingerprint density at radius 2 is 2.24 bits per heavy atom. The Labute approximate surface area is 120 Å². The highest BCUT2D eigenvalue weighted by Gasteiger charge is 2.42. The van der Waals surface area contributed by atoms with E-state index in [1.54, 1.807) is 7.11 Å². The second-order valence-corrected chi connectivity index (χ2v) is 4.75. The zero-order valence-corrected chi connectivity index (χ0v) is 11.5. The minimum Gasteiger partial charge on any atom is -0.481 e. The van der Waals surface area contributed by atoms with Crippen LogP contribution in [0.15, 0.2) is 18.2 Å². The van der Waals surface area contributed by atoms with Gasteiger partial charge in [0, 0.05) is 19.6 Å². The van der Waals surface area contributed by atoms with Gasteiger partial charge in [0.25, 0.3) is 0 Å². The van der Waals surface area contributed by atoms with Crippen LogP contribution >= 0.6 is 0 Å². The van der Waals surface area contributed by atoms with Crippen molar-refractivity contribution in [2.24, 2.45) is 5.73 Å². The lowest BCUT2D eigenvalue weighted by atomic mass is 9.86. The normalized spacial score (nSPS) is 24.4. The number of ether oxygens (including phenoxy) is 3. The van der Waals surface area contributed by atoms with Crippen molar-refractivity contribution in [2.75, 3.05) is 20.3 Å². The first-order chi connectivity index (χ1) is 10.0. The lowest BCUT2D eigenvalue weighted by Crippen LogP contribution is -2.59. The minimum absolute atomic E-state index is 0.0126. The molecule has 0 saturated heterocycles. The van der Waals surface area contributed by atoms with Gasteiger partial charge in [-0.2, -0.15) is 0 Å². The van der Waals surface area contributed by atoms with Crippen molar-refractivity contribution in [3.63, 3.8) is 0 Å². The van der Waals surface area contributed by atoms with Crippen LogP contribution in [0.5, 0.6) is 5.75 Å². The third-order valence-corrected chi connectivity index (χ3v) is 3.29. The summed E-state index contributed by atoms with van der Waals surface area (Å²) >= 11 is 0. The monoisotopic (exact) mass is 300 g/mol. The van der Waals surface area contributed by atoms with E-state index in [0.717, 1.165) is 12.1 Å². The molecular formula is C13H17FN2O5. The first-order valence-corrected chi connectivity index (χ1v) is 6.49. The maximum absolute atomic E-state index is 13.1. The number of hydrogen-bond donors (Lipinski definition) is 1. The largest absolute Gasteiger partial charge is 0.481 e. The van der Waals surface area contributed by atoms with Crippen molar-refractivity contribution in [1.29, 1.82) is 0 Å². The van der Waals surface area contributed by atoms with Gasteiger partial charge in [-0.3, -0.25) is 10.1 Å². The fourth-order valence-corrected chi connectivity index (χ4v) is 2.13. The van der Waals surface area contributed by atoms with Gasteiger partial charge in [-0.15, -0.1) is 0 Å². The highest BCUT2D eigenvalue weighted by Crippen LogP contribution is 2.33. The molecule has 8 heteroatoms. The molecule has 0 spiro atoms. The van der Waals surface area contributed by atoms with Gasteiger partial charge in [0.1, 0.15) is 18.0 Å². The van der Waals surface area contributed by atoms with E-state index in [-0.39, 0.29) is 24.0 Å².